The highest BCUT2D eigenvalue weighted by Gasteiger charge is 2.32. The van der Waals surface area contributed by atoms with Crippen molar-refractivity contribution < 1.29 is 9.53 Å². The fourth-order valence-corrected chi connectivity index (χ4v) is 3.04. The molecule has 1 amide bonds. The Bertz CT molecular complexity index is 536. The lowest BCUT2D eigenvalue weighted by Crippen LogP contribution is -2.55. The van der Waals surface area contributed by atoms with Gasteiger partial charge in [0.15, 0.2) is 0 Å². The maximum absolute atomic E-state index is 11.7. The van der Waals surface area contributed by atoms with Gasteiger partial charge in [0.1, 0.15) is 5.60 Å². The molecule has 2 N–H and O–H groups in total. The van der Waals surface area contributed by atoms with Crippen LogP contribution in [-0.4, -0.2) is 29.8 Å². The fourth-order valence-electron chi connectivity index (χ4n) is 2.82. The molecule has 128 valence electrons. The molecule has 1 aliphatic rings. The molecule has 1 aromatic rings. The number of hydrogen-bond acceptors (Lipinski definition) is 3. The van der Waals surface area contributed by atoms with Crippen LogP contribution >= 0.6 is 11.6 Å². The molecule has 0 saturated heterocycles. The summed E-state index contributed by atoms with van der Waals surface area (Å²) >= 11 is 6.01. The number of ether oxygens (including phenoxy) is 1. The van der Waals surface area contributed by atoms with Gasteiger partial charge in [-0.1, -0.05) is 23.7 Å². The van der Waals surface area contributed by atoms with Crippen molar-refractivity contribution in [2.45, 2.75) is 70.7 Å². The highest BCUT2D eigenvalue weighted by Crippen LogP contribution is 2.22. The molecule has 0 aliphatic heterocycles. The van der Waals surface area contributed by atoms with Gasteiger partial charge in [-0.3, -0.25) is 0 Å². The van der Waals surface area contributed by atoms with E-state index in [0.717, 1.165) is 24.3 Å². The van der Waals surface area contributed by atoms with Gasteiger partial charge in [0, 0.05) is 23.1 Å². The molecule has 4 nitrogen and oxygen atoms in total. The predicted molar refractivity (Wildman–Crippen MR) is 93.9 cm³/mol. The first kappa shape index (κ1) is 18.1. The summed E-state index contributed by atoms with van der Waals surface area (Å²) in [7, 11) is 0. The molecular weight excluding hydrogens is 312 g/mol. The molecule has 0 spiro atoms. The van der Waals surface area contributed by atoms with Crippen molar-refractivity contribution in [2.24, 2.45) is 0 Å². The highest BCUT2D eigenvalue weighted by molar-refractivity contribution is 6.30. The first-order valence-corrected chi connectivity index (χ1v) is 8.59. The second kappa shape index (κ2) is 7.54. The van der Waals surface area contributed by atoms with Gasteiger partial charge in [-0.2, -0.15) is 0 Å². The van der Waals surface area contributed by atoms with Crippen LogP contribution in [0.25, 0.3) is 0 Å². The van der Waals surface area contributed by atoms with Crippen LogP contribution in [0.3, 0.4) is 0 Å². The van der Waals surface area contributed by atoms with Crippen molar-refractivity contribution in [1.82, 2.24) is 10.6 Å². The number of rotatable bonds is 5. The number of alkyl carbamates (subject to hydrolysis) is 1. The third-order valence-corrected chi connectivity index (χ3v) is 4.05. The molecule has 0 heterocycles. The zero-order valence-electron chi connectivity index (χ0n) is 14.4. The van der Waals surface area contributed by atoms with Crippen LogP contribution < -0.4 is 10.6 Å². The van der Waals surface area contributed by atoms with E-state index in [2.05, 4.69) is 23.6 Å². The molecule has 0 radical (unpaired) electrons. The van der Waals surface area contributed by atoms with Gasteiger partial charge < -0.3 is 15.4 Å². The van der Waals surface area contributed by atoms with E-state index >= 15 is 0 Å². The summed E-state index contributed by atoms with van der Waals surface area (Å²) in [6.45, 7) is 7.79. The van der Waals surface area contributed by atoms with Crippen molar-refractivity contribution in [3.8, 4) is 0 Å². The van der Waals surface area contributed by atoms with E-state index in [1.54, 1.807) is 0 Å². The lowest BCUT2D eigenvalue weighted by Gasteiger charge is -2.38. The Morgan fingerprint density at radius 1 is 1.35 bits per heavy atom. The van der Waals surface area contributed by atoms with Gasteiger partial charge in [0.25, 0.3) is 0 Å². The standard InChI is InChI=1S/C18H27ClN2O2/c1-12(8-13-6-5-7-14(19)9-13)20-15-10-16(11-15)21-17(22)23-18(2,3)4/h5-7,9,12,15-16,20H,8,10-11H2,1-4H3,(H,21,22). The minimum atomic E-state index is -0.447. The van der Waals surface area contributed by atoms with Crippen molar-refractivity contribution in [2.75, 3.05) is 0 Å². The molecule has 2 rings (SSSR count). The van der Waals surface area contributed by atoms with Gasteiger partial charge in [-0.05, 0) is 64.7 Å². The number of carbonyl (C=O) groups excluding carboxylic acids is 1. The summed E-state index contributed by atoms with van der Waals surface area (Å²) in [6, 6.07) is 9.01. The zero-order chi connectivity index (χ0) is 17.0. The molecule has 23 heavy (non-hydrogen) atoms. The summed E-state index contributed by atoms with van der Waals surface area (Å²) in [5.41, 5.74) is 0.789. The van der Waals surface area contributed by atoms with Crippen LogP contribution in [0.4, 0.5) is 4.79 Å². The second-order valence-electron chi connectivity index (χ2n) is 7.41. The van der Waals surface area contributed by atoms with Gasteiger partial charge in [-0.15, -0.1) is 0 Å². The molecule has 0 aromatic heterocycles. The molecule has 1 atom stereocenters. The molecule has 1 aliphatic carbocycles. The number of carbonyl (C=O) groups is 1. The first-order valence-electron chi connectivity index (χ1n) is 8.21. The number of halogens is 1. The zero-order valence-corrected chi connectivity index (χ0v) is 15.1. The Morgan fingerprint density at radius 2 is 2.04 bits per heavy atom. The Kier molecular flexibility index (Phi) is 5.93. The number of nitrogens with one attached hydrogen (secondary N) is 2. The predicted octanol–water partition coefficient (Wildman–Crippen LogP) is 3.92. The average molecular weight is 339 g/mol. The number of amides is 1. The Balaban J connectivity index is 1.66. The monoisotopic (exact) mass is 338 g/mol. The van der Waals surface area contributed by atoms with Crippen molar-refractivity contribution in [3.05, 3.63) is 34.9 Å². The quantitative estimate of drug-likeness (QED) is 0.855. The SMILES string of the molecule is CC(Cc1cccc(Cl)c1)NC1CC(NC(=O)OC(C)(C)C)C1. The normalized spacial score (nSPS) is 22.1. The first-order chi connectivity index (χ1) is 10.7. The number of hydrogen-bond donors (Lipinski definition) is 2. The average Bonchev–Trinajstić information content (AvgIpc) is 2.33. The third kappa shape index (κ3) is 6.40. The van der Waals surface area contributed by atoms with Gasteiger partial charge in [-0.25, -0.2) is 4.79 Å². The van der Waals surface area contributed by atoms with Crippen LogP contribution in [0.2, 0.25) is 5.02 Å². The summed E-state index contributed by atoms with van der Waals surface area (Å²) in [5, 5.41) is 7.29. The maximum atomic E-state index is 11.7. The fraction of sp³-hybridized carbons (Fsp3) is 0.611. The van der Waals surface area contributed by atoms with Crippen LogP contribution in [0.1, 0.15) is 46.1 Å². The Morgan fingerprint density at radius 3 is 2.65 bits per heavy atom. The lowest BCUT2D eigenvalue weighted by atomic mass is 9.86. The summed E-state index contributed by atoms with van der Waals surface area (Å²) in [5.74, 6) is 0. The van der Waals surface area contributed by atoms with E-state index in [4.69, 9.17) is 16.3 Å². The van der Waals surface area contributed by atoms with Crippen LogP contribution in [0.15, 0.2) is 24.3 Å². The minimum absolute atomic E-state index is 0.209. The minimum Gasteiger partial charge on any atom is -0.444 e. The summed E-state index contributed by atoms with van der Waals surface area (Å²) < 4.78 is 5.27. The van der Waals surface area contributed by atoms with Gasteiger partial charge in [0.05, 0.1) is 0 Å². The smallest absolute Gasteiger partial charge is 0.407 e. The topological polar surface area (TPSA) is 50.4 Å². The molecule has 1 saturated carbocycles. The molecule has 1 unspecified atom stereocenters. The Labute approximate surface area is 143 Å². The van der Waals surface area contributed by atoms with Crippen LogP contribution in [-0.2, 0) is 11.2 Å². The van der Waals surface area contributed by atoms with Crippen molar-refractivity contribution >= 4 is 17.7 Å². The maximum Gasteiger partial charge on any atom is 0.407 e. The summed E-state index contributed by atoms with van der Waals surface area (Å²) in [4.78, 5) is 11.7. The van der Waals surface area contributed by atoms with E-state index in [9.17, 15) is 4.79 Å². The molecule has 5 heteroatoms. The second-order valence-corrected chi connectivity index (χ2v) is 7.85. The molecule has 1 fully saturated rings. The molecular formula is C18H27ClN2O2. The van der Waals surface area contributed by atoms with Gasteiger partial charge >= 0.3 is 6.09 Å². The lowest BCUT2D eigenvalue weighted by molar-refractivity contribution is 0.0463. The van der Waals surface area contributed by atoms with Crippen LogP contribution in [0.5, 0.6) is 0 Å². The van der Waals surface area contributed by atoms with Crippen LogP contribution in [0, 0.1) is 0 Å². The van der Waals surface area contributed by atoms with E-state index in [1.807, 2.05) is 39.0 Å². The van der Waals surface area contributed by atoms with E-state index in [0.29, 0.717) is 12.1 Å². The van der Waals surface area contributed by atoms with E-state index < -0.39 is 5.60 Å². The largest absolute Gasteiger partial charge is 0.444 e. The van der Waals surface area contributed by atoms with E-state index in [1.165, 1.54) is 5.56 Å². The molecule has 0 bridgehead atoms. The number of benzene rings is 1. The summed E-state index contributed by atoms with van der Waals surface area (Å²) in [6.07, 6.45) is 2.51. The van der Waals surface area contributed by atoms with Gasteiger partial charge in [0.2, 0.25) is 0 Å². The Hall–Kier alpha value is -1.26. The highest BCUT2D eigenvalue weighted by atomic mass is 35.5. The van der Waals surface area contributed by atoms with E-state index in [-0.39, 0.29) is 12.1 Å². The third-order valence-electron chi connectivity index (χ3n) is 3.81. The van der Waals surface area contributed by atoms with Crippen molar-refractivity contribution in [3.63, 3.8) is 0 Å². The van der Waals surface area contributed by atoms with Crippen molar-refractivity contribution in [1.29, 1.82) is 0 Å². The molecule has 1 aromatic carbocycles.